The van der Waals surface area contributed by atoms with Gasteiger partial charge in [-0.25, -0.2) is 13.2 Å². The van der Waals surface area contributed by atoms with Gasteiger partial charge in [0.2, 0.25) is 0 Å². The fourth-order valence-electron chi connectivity index (χ4n) is 2.87. The third-order valence-electron chi connectivity index (χ3n) is 4.55. The standard InChI is InChI=1S/C23H22BrNO6S/c1-25(21-8-3-4-9-22(21)29-2)32(27,28)20-12-10-17(11-13-20)23(26)31-15-14-30-19-7-5-6-18(24)16-19/h3-13,16H,14-15H2,1-2H3. The van der Waals surface area contributed by atoms with Crippen molar-refractivity contribution in [2.24, 2.45) is 0 Å². The van der Waals surface area contributed by atoms with E-state index >= 15 is 0 Å². The molecule has 0 fully saturated rings. The zero-order valence-electron chi connectivity index (χ0n) is 17.5. The van der Waals surface area contributed by atoms with Crippen LogP contribution in [0.1, 0.15) is 10.4 Å². The van der Waals surface area contributed by atoms with E-state index in [4.69, 9.17) is 14.2 Å². The second kappa shape index (κ2) is 10.5. The van der Waals surface area contributed by atoms with Crippen LogP contribution in [-0.4, -0.2) is 41.8 Å². The first-order chi connectivity index (χ1) is 15.3. The number of carbonyl (C=O) groups excluding carboxylic acids is 1. The molecule has 0 aliphatic rings. The number of hydrogen-bond donors (Lipinski definition) is 0. The Morgan fingerprint density at radius 1 is 0.969 bits per heavy atom. The smallest absolute Gasteiger partial charge is 0.338 e. The number of hydrogen-bond acceptors (Lipinski definition) is 6. The van der Waals surface area contributed by atoms with Crippen molar-refractivity contribution in [2.45, 2.75) is 4.90 Å². The average Bonchev–Trinajstić information content (AvgIpc) is 2.81. The molecule has 3 aromatic rings. The van der Waals surface area contributed by atoms with Gasteiger partial charge in [-0.15, -0.1) is 0 Å². The molecule has 0 bridgehead atoms. The summed E-state index contributed by atoms with van der Waals surface area (Å²) < 4.78 is 44.0. The van der Waals surface area contributed by atoms with Crippen molar-refractivity contribution in [2.75, 3.05) is 31.7 Å². The Kier molecular flexibility index (Phi) is 7.76. The molecule has 0 radical (unpaired) electrons. The summed E-state index contributed by atoms with van der Waals surface area (Å²) in [5.41, 5.74) is 0.648. The van der Waals surface area contributed by atoms with Gasteiger partial charge in [0.1, 0.15) is 24.7 Å². The van der Waals surface area contributed by atoms with Gasteiger partial charge in [0, 0.05) is 11.5 Å². The summed E-state index contributed by atoms with van der Waals surface area (Å²) in [5.74, 6) is 0.526. The highest BCUT2D eigenvalue weighted by Crippen LogP contribution is 2.30. The lowest BCUT2D eigenvalue weighted by atomic mass is 10.2. The van der Waals surface area contributed by atoms with Gasteiger partial charge in [0.25, 0.3) is 10.0 Å². The second-order valence-corrected chi connectivity index (χ2v) is 9.50. The maximum absolute atomic E-state index is 13.0. The zero-order chi connectivity index (χ0) is 23.1. The molecule has 0 unspecified atom stereocenters. The highest BCUT2D eigenvalue weighted by atomic mass is 79.9. The zero-order valence-corrected chi connectivity index (χ0v) is 19.9. The summed E-state index contributed by atoms with van der Waals surface area (Å²) in [7, 11) is -0.924. The number of carbonyl (C=O) groups is 1. The van der Waals surface area contributed by atoms with E-state index in [1.807, 2.05) is 18.2 Å². The molecule has 168 valence electrons. The maximum Gasteiger partial charge on any atom is 0.338 e. The molecule has 0 spiro atoms. The lowest BCUT2D eigenvalue weighted by Gasteiger charge is -2.21. The summed E-state index contributed by atoms with van der Waals surface area (Å²) in [4.78, 5) is 12.3. The molecule has 0 saturated carbocycles. The molecule has 0 N–H and O–H groups in total. The minimum Gasteiger partial charge on any atom is -0.495 e. The van der Waals surface area contributed by atoms with Crippen molar-refractivity contribution < 1.29 is 27.4 Å². The van der Waals surface area contributed by atoms with Crippen LogP contribution in [0.2, 0.25) is 0 Å². The number of benzene rings is 3. The van der Waals surface area contributed by atoms with Gasteiger partial charge >= 0.3 is 5.97 Å². The van der Waals surface area contributed by atoms with Crippen molar-refractivity contribution in [3.8, 4) is 11.5 Å². The quantitative estimate of drug-likeness (QED) is 0.305. The molecule has 0 atom stereocenters. The van der Waals surface area contributed by atoms with Crippen molar-refractivity contribution >= 4 is 37.6 Å². The molecular formula is C23H22BrNO6S. The summed E-state index contributed by atoms with van der Waals surface area (Å²) in [6.07, 6.45) is 0. The van der Waals surface area contributed by atoms with E-state index in [0.29, 0.717) is 17.2 Å². The highest BCUT2D eigenvalue weighted by molar-refractivity contribution is 9.10. The topological polar surface area (TPSA) is 82.1 Å². The molecule has 0 aromatic heterocycles. The molecule has 0 heterocycles. The molecule has 0 aliphatic carbocycles. The van der Waals surface area contributed by atoms with Gasteiger partial charge in [-0.05, 0) is 54.6 Å². The Bertz CT molecular complexity index is 1180. The number of rotatable bonds is 9. The summed E-state index contributed by atoms with van der Waals surface area (Å²) in [6, 6.07) is 19.7. The van der Waals surface area contributed by atoms with Gasteiger partial charge in [-0.3, -0.25) is 4.31 Å². The Hall–Kier alpha value is -3.04. The Labute approximate surface area is 195 Å². The summed E-state index contributed by atoms with van der Waals surface area (Å²) in [5, 5.41) is 0. The summed E-state index contributed by atoms with van der Waals surface area (Å²) in [6.45, 7) is 0.250. The number of ether oxygens (including phenoxy) is 3. The van der Waals surface area contributed by atoms with E-state index in [9.17, 15) is 13.2 Å². The normalized spacial score (nSPS) is 11.0. The van der Waals surface area contributed by atoms with Gasteiger partial charge in [0.05, 0.1) is 23.3 Å². The van der Waals surface area contributed by atoms with Crippen LogP contribution >= 0.6 is 15.9 Å². The van der Waals surface area contributed by atoms with Crippen molar-refractivity contribution in [3.05, 3.63) is 82.8 Å². The van der Waals surface area contributed by atoms with Crippen LogP contribution in [0.3, 0.4) is 0 Å². The Morgan fingerprint density at radius 2 is 1.69 bits per heavy atom. The number of sulfonamides is 1. The molecule has 7 nitrogen and oxygen atoms in total. The third-order valence-corrected chi connectivity index (χ3v) is 6.83. The SMILES string of the molecule is COc1ccccc1N(C)S(=O)(=O)c1ccc(C(=O)OCCOc2cccc(Br)c2)cc1. The van der Waals surface area contributed by atoms with Crippen LogP contribution in [0.4, 0.5) is 5.69 Å². The molecule has 0 aliphatic heterocycles. The largest absolute Gasteiger partial charge is 0.495 e. The number of esters is 1. The van der Waals surface area contributed by atoms with Gasteiger partial charge in [-0.1, -0.05) is 34.1 Å². The van der Waals surface area contributed by atoms with Gasteiger partial charge < -0.3 is 14.2 Å². The van der Waals surface area contributed by atoms with E-state index < -0.39 is 16.0 Å². The Morgan fingerprint density at radius 3 is 2.38 bits per heavy atom. The number of anilines is 1. The van der Waals surface area contributed by atoms with Crippen LogP contribution in [-0.2, 0) is 14.8 Å². The van der Waals surface area contributed by atoms with E-state index in [0.717, 1.165) is 8.78 Å². The third kappa shape index (κ3) is 5.60. The van der Waals surface area contributed by atoms with Crippen molar-refractivity contribution in [1.82, 2.24) is 0 Å². The molecular weight excluding hydrogens is 498 g/mol. The lowest BCUT2D eigenvalue weighted by molar-refractivity contribution is 0.0450. The molecule has 3 rings (SSSR count). The van der Waals surface area contributed by atoms with Crippen LogP contribution < -0.4 is 13.8 Å². The number of methoxy groups -OCH3 is 1. The number of halogens is 1. The van der Waals surface area contributed by atoms with Crippen LogP contribution in [0.15, 0.2) is 82.2 Å². The molecule has 0 amide bonds. The van der Waals surface area contributed by atoms with Gasteiger partial charge in [0.15, 0.2) is 0 Å². The highest BCUT2D eigenvalue weighted by Gasteiger charge is 2.24. The molecule has 9 heteroatoms. The first-order valence-electron chi connectivity index (χ1n) is 9.60. The van der Waals surface area contributed by atoms with E-state index in [2.05, 4.69) is 15.9 Å². The molecule has 3 aromatic carbocycles. The minimum absolute atomic E-state index is 0.0421. The van der Waals surface area contributed by atoms with Crippen molar-refractivity contribution in [1.29, 1.82) is 0 Å². The first-order valence-corrected chi connectivity index (χ1v) is 11.8. The van der Waals surface area contributed by atoms with Crippen LogP contribution in [0.25, 0.3) is 0 Å². The van der Waals surface area contributed by atoms with Gasteiger partial charge in [-0.2, -0.15) is 0 Å². The number of para-hydroxylation sites is 2. The molecule has 32 heavy (non-hydrogen) atoms. The Balaban J connectivity index is 1.61. The monoisotopic (exact) mass is 519 g/mol. The predicted octanol–water partition coefficient (Wildman–Crippen LogP) is 4.52. The second-order valence-electron chi connectivity index (χ2n) is 6.61. The molecule has 0 saturated heterocycles. The van der Waals surface area contributed by atoms with Crippen LogP contribution in [0, 0.1) is 0 Å². The fourth-order valence-corrected chi connectivity index (χ4v) is 4.46. The number of nitrogens with zero attached hydrogens (tertiary/aromatic N) is 1. The fraction of sp³-hybridized carbons (Fsp3) is 0.174. The lowest BCUT2D eigenvalue weighted by Crippen LogP contribution is -2.27. The van der Waals surface area contributed by atoms with E-state index in [1.165, 1.54) is 38.4 Å². The summed E-state index contributed by atoms with van der Waals surface area (Å²) >= 11 is 3.36. The van der Waals surface area contributed by atoms with E-state index in [-0.39, 0.29) is 23.7 Å². The predicted molar refractivity (Wildman–Crippen MR) is 125 cm³/mol. The van der Waals surface area contributed by atoms with Crippen molar-refractivity contribution in [3.63, 3.8) is 0 Å². The van der Waals surface area contributed by atoms with E-state index in [1.54, 1.807) is 30.3 Å². The maximum atomic E-state index is 13.0. The van der Waals surface area contributed by atoms with Crippen LogP contribution in [0.5, 0.6) is 11.5 Å². The average molecular weight is 520 g/mol. The minimum atomic E-state index is -3.84. The first kappa shape index (κ1) is 23.6.